The fourth-order valence-corrected chi connectivity index (χ4v) is 5.68. The van der Waals surface area contributed by atoms with Crippen LogP contribution in [0.15, 0.2) is 65.6 Å². The minimum Gasteiger partial charge on any atom is -0.454 e. The average molecular weight is 480 g/mol. The van der Waals surface area contributed by atoms with E-state index in [4.69, 9.17) is 9.47 Å². The Balaban J connectivity index is 1.39. The van der Waals surface area contributed by atoms with Crippen molar-refractivity contribution in [2.45, 2.75) is 25.0 Å². The normalized spacial score (nSPS) is 15.1. The Kier molecular flexibility index (Phi) is 6.07. The molecule has 1 fully saturated rings. The van der Waals surface area contributed by atoms with E-state index in [-0.39, 0.29) is 11.5 Å². The molecule has 5 rings (SSSR count). The number of rotatable bonds is 6. The molecule has 1 saturated heterocycles. The number of nitrogens with zero attached hydrogens (tertiary/aromatic N) is 3. The minimum atomic E-state index is -3.62. The second-order valence-electron chi connectivity index (χ2n) is 8.08. The number of benzene rings is 3. The number of ether oxygens (including phenoxy) is 2. The number of morpholine rings is 1. The molecular weight excluding hydrogens is 454 g/mol. The number of sulfonamides is 1. The molecule has 0 amide bonds. The molecule has 1 aliphatic rings. The molecule has 34 heavy (non-hydrogen) atoms. The monoisotopic (exact) mass is 479 g/mol. The van der Waals surface area contributed by atoms with E-state index in [1.165, 1.54) is 4.31 Å². The highest BCUT2D eigenvalue weighted by Gasteiger charge is 2.27. The predicted octanol–water partition coefficient (Wildman–Crippen LogP) is 3.59. The first kappa shape index (κ1) is 22.5. The van der Waals surface area contributed by atoms with Crippen molar-refractivity contribution in [3.05, 3.63) is 72.1 Å². The lowest BCUT2D eigenvalue weighted by molar-refractivity contribution is 0.0459. The van der Waals surface area contributed by atoms with Crippen LogP contribution in [0.3, 0.4) is 0 Å². The SMILES string of the molecule is CCn1c(COC(=O)c2ccc3ccccc3c2)nc2cc(S(=O)(=O)N3CCOCC3)ccc21. The minimum absolute atomic E-state index is 0.0142. The summed E-state index contributed by atoms with van der Waals surface area (Å²) in [5.74, 6) is 0.128. The third-order valence-electron chi connectivity index (χ3n) is 6.04. The van der Waals surface area contributed by atoms with Gasteiger partial charge in [0.1, 0.15) is 12.4 Å². The second kappa shape index (κ2) is 9.17. The van der Waals surface area contributed by atoms with E-state index >= 15 is 0 Å². The van der Waals surface area contributed by atoms with Crippen LogP contribution in [0.5, 0.6) is 0 Å². The summed E-state index contributed by atoms with van der Waals surface area (Å²) in [6.07, 6.45) is 0. The van der Waals surface area contributed by atoms with Crippen molar-refractivity contribution in [2.75, 3.05) is 26.3 Å². The van der Waals surface area contributed by atoms with Crippen LogP contribution in [-0.4, -0.2) is 54.5 Å². The van der Waals surface area contributed by atoms with E-state index in [0.717, 1.165) is 16.3 Å². The van der Waals surface area contributed by atoms with E-state index in [2.05, 4.69) is 4.98 Å². The van der Waals surface area contributed by atoms with Crippen LogP contribution < -0.4 is 0 Å². The molecule has 1 aromatic heterocycles. The zero-order valence-corrected chi connectivity index (χ0v) is 19.6. The number of aryl methyl sites for hydroxylation is 1. The molecule has 0 spiro atoms. The lowest BCUT2D eigenvalue weighted by atomic mass is 10.1. The Morgan fingerprint density at radius 1 is 1.03 bits per heavy atom. The molecule has 1 aliphatic heterocycles. The van der Waals surface area contributed by atoms with Crippen LogP contribution in [0.2, 0.25) is 0 Å². The first-order valence-corrected chi connectivity index (χ1v) is 12.6. The molecule has 0 atom stereocenters. The number of hydrogen-bond acceptors (Lipinski definition) is 6. The fraction of sp³-hybridized carbons (Fsp3) is 0.280. The van der Waals surface area contributed by atoms with E-state index in [9.17, 15) is 13.2 Å². The zero-order chi connectivity index (χ0) is 23.7. The number of fused-ring (bicyclic) bond motifs is 2. The van der Waals surface area contributed by atoms with Gasteiger partial charge in [0.25, 0.3) is 0 Å². The van der Waals surface area contributed by atoms with Crippen molar-refractivity contribution < 1.29 is 22.7 Å². The number of esters is 1. The maximum absolute atomic E-state index is 13.0. The third-order valence-corrected chi connectivity index (χ3v) is 7.93. The van der Waals surface area contributed by atoms with Gasteiger partial charge in [-0.3, -0.25) is 0 Å². The average Bonchev–Trinajstić information content (AvgIpc) is 3.24. The van der Waals surface area contributed by atoms with Gasteiger partial charge in [0.05, 0.1) is 34.7 Å². The van der Waals surface area contributed by atoms with E-state index in [1.807, 2.05) is 47.9 Å². The quantitative estimate of drug-likeness (QED) is 0.393. The Morgan fingerprint density at radius 3 is 2.56 bits per heavy atom. The van der Waals surface area contributed by atoms with Crippen molar-refractivity contribution in [3.63, 3.8) is 0 Å². The summed E-state index contributed by atoms with van der Waals surface area (Å²) >= 11 is 0. The first-order chi connectivity index (χ1) is 16.5. The molecule has 9 heteroatoms. The van der Waals surface area contributed by atoms with Gasteiger partial charge in [-0.25, -0.2) is 18.2 Å². The summed E-state index contributed by atoms with van der Waals surface area (Å²) in [4.78, 5) is 17.5. The number of aromatic nitrogens is 2. The van der Waals surface area contributed by atoms with Crippen LogP contribution in [0, 0.1) is 0 Å². The Labute approximate surface area is 197 Å². The highest BCUT2D eigenvalue weighted by molar-refractivity contribution is 7.89. The van der Waals surface area contributed by atoms with Crippen molar-refractivity contribution in [1.29, 1.82) is 0 Å². The van der Waals surface area contributed by atoms with Gasteiger partial charge in [-0.05, 0) is 48.0 Å². The number of hydrogen-bond donors (Lipinski definition) is 0. The van der Waals surface area contributed by atoms with Gasteiger partial charge in [0.15, 0.2) is 0 Å². The van der Waals surface area contributed by atoms with Crippen molar-refractivity contribution in [3.8, 4) is 0 Å². The largest absolute Gasteiger partial charge is 0.454 e. The molecule has 4 aromatic rings. The summed E-state index contributed by atoms with van der Waals surface area (Å²) in [5, 5.41) is 2.02. The molecule has 0 bridgehead atoms. The van der Waals surface area contributed by atoms with Gasteiger partial charge in [0.2, 0.25) is 10.0 Å². The standard InChI is InChI=1S/C25H25N3O5S/c1-2-28-23-10-9-21(34(30,31)27-11-13-32-14-12-27)16-22(23)26-24(28)17-33-25(29)20-8-7-18-5-3-4-6-19(18)15-20/h3-10,15-16H,2,11-14,17H2,1H3. The van der Waals surface area contributed by atoms with Crippen molar-refractivity contribution in [2.24, 2.45) is 0 Å². The van der Waals surface area contributed by atoms with Gasteiger partial charge in [-0.2, -0.15) is 4.31 Å². The maximum atomic E-state index is 13.0. The Morgan fingerprint density at radius 2 is 1.79 bits per heavy atom. The van der Waals surface area contributed by atoms with Crippen LogP contribution in [0.4, 0.5) is 0 Å². The number of carbonyl (C=O) groups is 1. The number of imidazole rings is 1. The van der Waals surface area contributed by atoms with Crippen LogP contribution in [0.25, 0.3) is 21.8 Å². The third kappa shape index (κ3) is 4.18. The fourth-order valence-electron chi connectivity index (χ4n) is 4.25. The van der Waals surface area contributed by atoms with Crippen molar-refractivity contribution in [1.82, 2.24) is 13.9 Å². The zero-order valence-electron chi connectivity index (χ0n) is 18.8. The maximum Gasteiger partial charge on any atom is 0.338 e. The lowest BCUT2D eigenvalue weighted by Gasteiger charge is -2.26. The molecule has 8 nitrogen and oxygen atoms in total. The van der Waals surface area contributed by atoms with Gasteiger partial charge in [0, 0.05) is 19.6 Å². The second-order valence-corrected chi connectivity index (χ2v) is 10.0. The first-order valence-electron chi connectivity index (χ1n) is 11.2. The highest BCUT2D eigenvalue weighted by atomic mass is 32.2. The topological polar surface area (TPSA) is 90.7 Å². The molecule has 0 radical (unpaired) electrons. The highest BCUT2D eigenvalue weighted by Crippen LogP contribution is 2.24. The Bertz CT molecular complexity index is 1470. The molecule has 176 valence electrons. The molecule has 0 aliphatic carbocycles. The van der Waals surface area contributed by atoms with Gasteiger partial charge < -0.3 is 14.0 Å². The molecule has 3 aromatic carbocycles. The molecule has 0 unspecified atom stereocenters. The Hall–Kier alpha value is -3.27. The van der Waals surface area contributed by atoms with E-state index in [0.29, 0.717) is 49.8 Å². The van der Waals surface area contributed by atoms with Crippen LogP contribution in [-0.2, 0) is 32.6 Å². The lowest BCUT2D eigenvalue weighted by Crippen LogP contribution is -2.40. The van der Waals surface area contributed by atoms with Gasteiger partial charge in [-0.15, -0.1) is 0 Å². The summed E-state index contributed by atoms with van der Waals surface area (Å²) < 4.78 is 40.2. The molecule has 0 saturated carbocycles. The molecule has 2 heterocycles. The summed E-state index contributed by atoms with van der Waals surface area (Å²) in [7, 11) is -3.62. The summed E-state index contributed by atoms with van der Waals surface area (Å²) in [6, 6.07) is 18.2. The van der Waals surface area contributed by atoms with Gasteiger partial charge >= 0.3 is 5.97 Å². The smallest absolute Gasteiger partial charge is 0.338 e. The summed E-state index contributed by atoms with van der Waals surface area (Å²) in [6.45, 7) is 4.00. The van der Waals surface area contributed by atoms with Crippen molar-refractivity contribution >= 4 is 37.8 Å². The predicted molar refractivity (Wildman–Crippen MR) is 128 cm³/mol. The summed E-state index contributed by atoms with van der Waals surface area (Å²) in [5.41, 5.74) is 1.81. The van der Waals surface area contributed by atoms with Gasteiger partial charge in [-0.1, -0.05) is 30.3 Å². The van der Waals surface area contributed by atoms with Crippen LogP contribution in [0.1, 0.15) is 23.1 Å². The number of carbonyl (C=O) groups excluding carboxylic acids is 1. The van der Waals surface area contributed by atoms with Crippen LogP contribution >= 0.6 is 0 Å². The van der Waals surface area contributed by atoms with E-state index < -0.39 is 16.0 Å². The van der Waals surface area contributed by atoms with E-state index in [1.54, 1.807) is 24.3 Å². The molecule has 0 N–H and O–H groups in total. The molecular formula is C25H25N3O5S.